The van der Waals surface area contributed by atoms with E-state index < -0.39 is 0 Å². The third kappa shape index (κ3) is 4.67. The first kappa shape index (κ1) is 12.5. The van der Waals surface area contributed by atoms with Gasteiger partial charge in [-0.25, -0.2) is 0 Å². The number of halogens is 1. The highest BCUT2D eigenvalue weighted by atomic mass is 79.9. The van der Waals surface area contributed by atoms with Gasteiger partial charge in [0.1, 0.15) is 12.4 Å². The Bertz CT molecular complexity index is 276. The topological polar surface area (TPSA) is 18.5 Å². The van der Waals surface area contributed by atoms with Crippen LogP contribution in [0.1, 0.15) is 18.9 Å². The summed E-state index contributed by atoms with van der Waals surface area (Å²) in [7, 11) is 0. The standard InChI is InChI=1S/C12H17BrO2/c1-2-7-14-8-9-15-12-6-4-3-5-11(12)10-13/h3-6H,2,7-10H2,1H3. The highest BCUT2D eigenvalue weighted by Gasteiger charge is 2.00. The Labute approximate surface area is 99.7 Å². The Morgan fingerprint density at radius 2 is 1.93 bits per heavy atom. The summed E-state index contributed by atoms with van der Waals surface area (Å²) in [6, 6.07) is 8.03. The quantitative estimate of drug-likeness (QED) is 0.560. The van der Waals surface area contributed by atoms with Crippen LogP contribution in [-0.2, 0) is 10.1 Å². The van der Waals surface area contributed by atoms with Crippen molar-refractivity contribution in [3.05, 3.63) is 29.8 Å². The van der Waals surface area contributed by atoms with Gasteiger partial charge >= 0.3 is 0 Å². The van der Waals surface area contributed by atoms with Crippen LogP contribution in [0.3, 0.4) is 0 Å². The Morgan fingerprint density at radius 1 is 1.13 bits per heavy atom. The van der Waals surface area contributed by atoms with Crippen LogP contribution in [0.25, 0.3) is 0 Å². The maximum absolute atomic E-state index is 5.62. The summed E-state index contributed by atoms with van der Waals surface area (Å²) >= 11 is 3.43. The van der Waals surface area contributed by atoms with Crippen molar-refractivity contribution < 1.29 is 9.47 Å². The van der Waals surface area contributed by atoms with Crippen molar-refractivity contribution in [1.82, 2.24) is 0 Å². The van der Waals surface area contributed by atoms with E-state index in [0.29, 0.717) is 13.2 Å². The van der Waals surface area contributed by atoms with Gasteiger partial charge in [-0.3, -0.25) is 0 Å². The normalized spacial score (nSPS) is 10.3. The summed E-state index contributed by atoms with van der Waals surface area (Å²) in [5.41, 5.74) is 1.17. The fraction of sp³-hybridized carbons (Fsp3) is 0.500. The summed E-state index contributed by atoms with van der Waals surface area (Å²) in [4.78, 5) is 0. The average molecular weight is 273 g/mol. The molecular weight excluding hydrogens is 256 g/mol. The first-order chi connectivity index (χ1) is 7.38. The molecule has 15 heavy (non-hydrogen) atoms. The van der Waals surface area contributed by atoms with E-state index >= 15 is 0 Å². The highest BCUT2D eigenvalue weighted by Crippen LogP contribution is 2.20. The van der Waals surface area contributed by atoms with Gasteiger partial charge in [0, 0.05) is 17.5 Å². The zero-order valence-corrected chi connectivity index (χ0v) is 10.6. The molecule has 0 aromatic heterocycles. The van der Waals surface area contributed by atoms with Gasteiger partial charge in [0.05, 0.1) is 6.61 Å². The molecule has 1 aromatic carbocycles. The lowest BCUT2D eigenvalue weighted by Gasteiger charge is -2.09. The minimum atomic E-state index is 0.615. The monoisotopic (exact) mass is 272 g/mol. The second-order valence-corrected chi connectivity index (χ2v) is 3.76. The van der Waals surface area contributed by atoms with E-state index in [-0.39, 0.29) is 0 Å². The molecule has 0 aliphatic rings. The van der Waals surface area contributed by atoms with Crippen LogP contribution in [0, 0.1) is 0 Å². The van der Waals surface area contributed by atoms with Gasteiger partial charge in [0.2, 0.25) is 0 Å². The Balaban J connectivity index is 2.30. The number of hydrogen-bond donors (Lipinski definition) is 0. The van der Waals surface area contributed by atoms with Crippen LogP contribution in [0.4, 0.5) is 0 Å². The van der Waals surface area contributed by atoms with Crippen molar-refractivity contribution in [2.24, 2.45) is 0 Å². The molecule has 0 unspecified atom stereocenters. The number of alkyl halides is 1. The number of para-hydroxylation sites is 1. The number of rotatable bonds is 7. The molecule has 0 radical (unpaired) electrons. The summed E-state index contributed by atoms with van der Waals surface area (Å²) in [6.07, 6.45) is 1.05. The molecule has 0 aliphatic carbocycles. The molecule has 0 saturated carbocycles. The first-order valence-electron chi connectivity index (χ1n) is 5.23. The molecule has 3 heteroatoms. The molecule has 0 heterocycles. The fourth-order valence-corrected chi connectivity index (χ4v) is 1.68. The van der Waals surface area contributed by atoms with Crippen molar-refractivity contribution in [2.45, 2.75) is 18.7 Å². The van der Waals surface area contributed by atoms with Crippen LogP contribution >= 0.6 is 15.9 Å². The van der Waals surface area contributed by atoms with Gasteiger partial charge < -0.3 is 9.47 Å². The minimum absolute atomic E-state index is 0.615. The van der Waals surface area contributed by atoms with E-state index in [9.17, 15) is 0 Å². The molecule has 0 amide bonds. The molecular formula is C12H17BrO2. The maximum Gasteiger partial charge on any atom is 0.123 e. The summed E-state index contributed by atoms with van der Waals surface area (Å²) < 4.78 is 11.0. The molecule has 0 bridgehead atoms. The van der Waals surface area contributed by atoms with Crippen LogP contribution in [0.15, 0.2) is 24.3 Å². The highest BCUT2D eigenvalue weighted by molar-refractivity contribution is 9.08. The molecule has 0 atom stereocenters. The Hall–Kier alpha value is -0.540. The predicted octanol–water partition coefficient (Wildman–Crippen LogP) is 3.39. The minimum Gasteiger partial charge on any atom is -0.491 e. The summed E-state index contributed by atoms with van der Waals surface area (Å²) in [5, 5.41) is 0.818. The van der Waals surface area contributed by atoms with Gasteiger partial charge in [-0.2, -0.15) is 0 Å². The van der Waals surface area contributed by atoms with E-state index in [2.05, 4.69) is 28.9 Å². The van der Waals surface area contributed by atoms with Gasteiger partial charge in [-0.05, 0) is 12.5 Å². The van der Waals surface area contributed by atoms with E-state index in [4.69, 9.17) is 9.47 Å². The lowest BCUT2D eigenvalue weighted by molar-refractivity contribution is 0.100. The van der Waals surface area contributed by atoms with Crippen molar-refractivity contribution in [2.75, 3.05) is 19.8 Å². The van der Waals surface area contributed by atoms with E-state index in [1.54, 1.807) is 0 Å². The van der Waals surface area contributed by atoms with E-state index in [1.807, 2.05) is 18.2 Å². The van der Waals surface area contributed by atoms with Crippen molar-refractivity contribution in [3.8, 4) is 5.75 Å². The molecule has 2 nitrogen and oxygen atoms in total. The van der Waals surface area contributed by atoms with Crippen molar-refractivity contribution in [1.29, 1.82) is 0 Å². The van der Waals surface area contributed by atoms with Crippen LogP contribution in [-0.4, -0.2) is 19.8 Å². The van der Waals surface area contributed by atoms with Crippen molar-refractivity contribution in [3.63, 3.8) is 0 Å². The molecule has 0 aliphatic heterocycles. The Morgan fingerprint density at radius 3 is 2.67 bits per heavy atom. The molecule has 1 aromatic rings. The lowest BCUT2D eigenvalue weighted by atomic mass is 10.2. The second kappa shape index (κ2) is 7.71. The smallest absolute Gasteiger partial charge is 0.123 e. The van der Waals surface area contributed by atoms with Crippen LogP contribution in [0.5, 0.6) is 5.75 Å². The van der Waals surface area contributed by atoms with Gasteiger partial charge in [0.25, 0.3) is 0 Å². The summed E-state index contributed by atoms with van der Waals surface area (Å²) in [5.74, 6) is 0.939. The van der Waals surface area contributed by atoms with E-state index in [0.717, 1.165) is 24.1 Å². The first-order valence-corrected chi connectivity index (χ1v) is 6.35. The van der Waals surface area contributed by atoms with Gasteiger partial charge in [-0.15, -0.1) is 0 Å². The van der Waals surface area contributed by atoms with Crippen molar-refractivity contribution >= 4 is 15.9 Å². The van der Waals surface area contributed by atoms with Crippen LogP contribution < -0.4 is 4.74 Å². The molecule has 1 rings (SSSR count). The molecule has 0 spiro atoms. The largest absolute Gasteiger partial charge is 0.491 e. The molecule has 0 saturated heterocycles. The molecule has 0 fully saturated rings. The fourth-order valence-electron chi connectivity index (χ4n) is 1.21. The molecule has 84 valence electrons. The zero-order chi connectivity index (χ0) is 10.9. The van der Waals surface area contributed by atoms with Crippen LogP contribution in [0.2, 0.25) is 0 Å². The third-order valence-corrected chi connectivity index (χ3v) is 2.55. The lowest BCUT2D eigenvalue weighted by Crippen LogP contribution is -2.07. The number of benzene rings is 1. The average Bonchev–Trinajstić information content (AvgIpc) is 2.29. The zero-order valence-electron chi connectivity index (χ0n) is 9.04. The van der Waals surface area contributed by atoms with E-state index in [1.165, 1.54) is 5.56 Å². The molecule has 0 N–H and O–H groups in total. The number of ether oxygens (including phenoxy) is 2. The summed E-state index contributed by atoms with van der Waals surface area (Å²) in [6.45, 7) is 4.18. The maximum atomic E-state index is 5.62. The Kier molecular flexibility index (Phi) is 6.44. The SMILES string of the molecule is CCCOCCOc1ccccc1CBr. The van der Waals surface area contributed by atoms with Gasteiger partial charge in [0.15, 0.2) is 0 Å². The third-order valence-electron chi connectivity index (χ3n) is 1.95. The number of hydrogen-bond acceptors (Lipinski definition) is 2. The van der Waals surface area contributed by atoms with Gasteiger partial charge in [-0.1, -0.05) is 41.1 Å². The predicted molar refractivity (Wildman–Crippen MR) is 65.7 cm³/mol. The second-order valence-electron chi connectivity index (χ2n) is 3.20.